The van der Waals surface area contributed by atoms with Crippen LogP contribution in [0.3, 0.4) is 0 Å². The number of rotatable bonds is 4. The summed E-state index contributed by atoms with van der Waals surface area (Å²) in [5, 5.41) is 3.44. The highest BCUT2D eigenvalue weighted by atomic mass is 79.9. The Bertz CT molecular complexity index is 1110. The number of hydrogen-bond donors (Lipinski definition) is 1. The molecule has 26 heavy (non-hydrogen) atoms. The van der Waals surface area contributed by atoms with Gasteiger partial charge in [-0.3, -0.25) is 0 Å². The lowest BCUT2D eigenvalue weighted by molar-refractivity contribution is 0.0519. The number of aromatic amines is 1. The standard InChI is InChI=1S/C22H18BrNO2/c1-2-26-22(25)21-19(18-13-16(23)10-11-20(18)24-21)12-15-8-5-7-14-6-3-4-9-17(14)15/h3-11,13,24H,2,12H2,1H3. The van der Waals surface area contributed by atoms with E-state index in [2.05, 4.69) is 57.3 Å². The van der Waals surface area contributed by atoms with E-state index in [-0.39, 0.29) is 5.97 Å². The molecule has 4 rings (SSSR count). The number of carbonyl (C=O) groups is 1. The fourth-order valence-electron chi connectivity index (χ4n) is 3.42. The summed E-state index contributed by atoms with van der Waals surface area (Å²) in [7, 11) is 0. The van der Waals surface area contributed by atoms with Gasteiger partial charge in [0.25, 0.3) is 0 Å². The molecule has 0 spiro atoms. The van der Waals surface area contributed by atoms with Crippen LogP contribution < -0.4 is 0 Å². The zero-order valence-corrected chi connectivity index (χ0v) is 16.0. The minimum Gasteiger partial charge on any atom is -0.461 e. The van der Waals surface area contributed by atoms with Gasteiger partial charge in [0, 0.05) is 21.8 Å². The summed E-state index contributed by atoms with van der Waals surface area (Å²) < 4.78 is 6.26. The van der Waals surface area contributed by atoms with Crippen molar-refractivity contribution in [3.8, 4) is 0 Å². The van der Waals surface area contributed by atoms with Crippen LogP contribution in [0.25, 0.3) is 21.7 Å². The quantitative estimate of drug-likeness (QED) is 0.431. The van der Waals surface area contributed by atoms with E-state index in [4.69, 9.17) is 4.74 Å². The first kappa shape index (κ1) is 16.9. The van der Waals surface area contributed by atoms with E-state index >= 15 is 0 Å². The summed E-state index contributed by atoms with van der Waals surface area (Å²) in [5.74, 6) is -0.310. The summed E-state index contributed by atoms with van der Waals surface area (Å²) >= 11 is 3.54. The minimum absolute atomic E-state index is 0.310. The lowest BCUT2D eigenvalue weighted by Crippen LogP contribution is -2.08. The van der Waals surface area contributed by atoms with Gasteiger partial charge < -0.3 is 9.72 Å². The van der Waals surface area contributed by atoms with Crippen molar-refractivity contribution in [1.82, 2.24) is 4.98 Å². The van der Waals surface area contributed by atoms with Crippen molar-refractivity contribution in [2.24, 2.45) is 0 Å². The number of H-pyrrole nitrogens is 1. The predicted octanol–water partition coefficient (Wildman–Crippen LogP) is 5.85. The molecule has 1 aromatic heterocycles. The number of hydrogen-bond acceptors (Lipinski definition) is 2. The predicted molar refractivity (Wildman–Crippen MR) is 109 cm³/mol. The molecule has 4 aromatic rings. The van der Waals surface area contributed by atoms with Crippen LogP contribution in [0.4, 0.5) is 0 Å². The molecule has 0 unspecified atom stereocenters. The molecule has 1 N–H and O–H groups in total. The summed E-state index contributed by atoms with van der Waals surface area (Å²) in [4.78, 5) is 15.8. The molecule has 0 aliphatic rings. The lowest BCUT2D eigenvalue weighted by atomic mass is 9.96. The van der Waals surface area contributed by atoms with Crippen molar-refractivity contribution in [3.63, 3.8) is 0 Å². The van der Waals surface area contributed by atoms with E-state index < -0.39 is 0 Å². The van der Waals surface area contributed by atoms with Crippen molar-refractivity contribution in [2.45, 2.75) is 13.3 Å². The molecule has 3 aromatic carbocycles. The fraction of sp³-hybridized carbons (Fsp3) is 0.136. The molecule has 0 saturated heterocycles. The Morgan fingerprint density at radius 1 is 1.04 bits per heavy atom. The third-order valence-corrected chi connectivity index (χ3v) is 5.09. The Balaban J connectivity index is 1.90. The highest BCUT2D eigenvalue weighted by Crippen LogP contribution is 2.30. The molecule has 1 heterocycles. The van der Waals surface area contributed by atoms with Crippen LogP contribution in [0, 0.1) is 0 Å². The molecule has 0 radical (unpaired) electrons. The van der Waals surface area contributed by atoms with Crippen LogP contribution in [-0.2, 0) is 11.2 Å². The average Bonchev–Trinajstić information content (AvgIpc) is 3.00. The van der Waals surface area contributed by atoms with Crippen molar-refractivity contribution < 1.29 is 9.53 Å². The van der Waals surface area contributed by atoms with Gasteiger partial charge in [-0.05, 0) is 47.0 Å². The van der Waals surface area contributed by atoms with Crippen LogP contribution in [0.15, 0.2) is 65.1 Å². The SMILES string of the molecule is CCOC(=O)c1[nH]c2ccc(Br)cc2c1Cc1cccc2ccccc12. The molecule has 0 aliphatic heterocycles. The summed E-state index contributed by atoms with van der Waals surface area (Å²) in [5.41, 5.74) is 3.63. The van der Waals surface area contributed by atoms with Gasteiger partial charge in [-0.1, -0.05) is 58.4 Å². The maximum atomic E-state index is 12.5. The smallest absolute Gasteiger partial charge is 0.355 e. The second-order valence-corrected chi connectivity index (χ2v) is 7.12. The zero-order valence-electron chi connectivity index (χ0n) is 14.4. The molecule has 0 bridgehead atoms. The number of nitrogens with one attached hydrogen (secondary N) is 1. The fourth-order valence-corrected chi connectivity index (χ4v) is 3.78. The Morgan fingerprint density at radius 3 is 2.69 bits per heavy atom. The number of benzene rings is 3. The van der Waals surface area contributed by atoms with E-state index in [9.17, 15) is 4.79 Å². The summed E-state index contributed by atoms with van der Waals surface area (Å²) in [6.07, 6.45) is 0.659. The van der Waals surface area contributed by atoms with Crippen molar-refractivity contribution >= 4 is 43.6 Å². The molecule has 0 fully saturated rings. The van der Waals surface area contributed by atoms with Crippen LogP contribution >= 0.6 is 15.9 Å². The van der Waals surface area contributed by atoms with E-state index in [1.165, 1.54) is 16.3 Å². The Morgan fingerprint density at radius 2 is 1.85 bits per heavy atom. The minimum atomic E-state index is -0.310. The van der Waals surface area contributed by atoms with Crippen molar-refractivity contribution in [2.75, 3.05) is 6.61 Å². The normalized spacial score (nSPS) is 11.2. The van der Waals surface area contributed by atoms with Crippen molar-refractivity contribution in [1.29, 1.82) is 0 Å². The number of ether oxygens (including phenoxy) is 1. The van der Waals surface area contributed by atoms with Crippen LogP contribution in [0.2, 0.25) is 0 Å². The van der Waals surface area contributed by atoms with E-state index in [1.54, 1.807) is 0 Å². The number of esters is 1. The van der Waals surface area contributed by atoms with Gasteiger partial charge in [0.2, 0.25) is 0 Å². The average molecular weight is 408 g/mol. The van der Waals surface area contributed by atoms with E-state index in [0.717, 1.165) is 20.9 Å². The number of aromatic nitrogens is 1. The second kappa shape index (κ2) is 6.96. The van der Waals surface area contributed by atoms with Crippen molar-refractivity contribution in [3.05, 3.63) is 82.0 Å². The first-order chi connectivity index (χ1) is 12.7. The molecule has 3 nitrogen and oxygen atoms in total. The van der Waals surface area contributed by atoms with Gasteiger partial charge in [0.05, 0.1) is 6.61 Å². The van der Waals surface area contributed by atoms with Gasteiger partial charge in [-0.2, -0.15) is 0 Å². The first-order valence-electron chi connectivity index (χ1n) is 8.61. The third kappa shape index (κ3) is 3.01. The third-order valence-electron chi connectivity index (χ3n) is 4.59. The summed E-state index contributed by atoms with van der Waals surface area (Å²) in [6.45, 7) is 2.17. The highest BCUT2D eigenvalue weighted by molar-refractivity contribution is 9.10. The van der Waals surface area contributed by atoms with Gasteiger partial charge in [-0.25, -0.2) is 4.79 Å². The molecule has 0 amide bonds. The topological polar surface area (TPSA) is 42.1 Å². The highest BCUT2D eigenvalue weighted by Gasteiger charge is 2.20. The maximum Gasteiger partial charge on any atom is 0.355 e. The molecule has 0 saturated carbocycles. The second-order valence-electron chi connectivity index (χ2n) is 6.20. The molecule has 0 aliphatic carbocycles. The van der Waals surface area contributed by atoms with E-state index in [0.29, 0.717) is 18.7 Å². The lowest BCUT2D eigenvalue weighted by Gasteiger charge is -2.08. The monoisotopic (exact) mass is 407 g/mol. The summed E-state index contributed by atoms with van der Waals surface area (Å²) in [6, 6.07) is 20.6. The van der Waals surface area contributed by atoms with Gasteiger partial charge in [0.15, 0.2) is 0 Å². The zero-order chi connectivity index (χ0) is 18.1. The molecule has 130 valence electrons. The maximum absolute atomic E-state index is 12.5. The first-order valence-corrected chi connectivity index (χ1v) is 9.40. The van der Waals surface area contributed by atoms with Gasteiger partial charge in [0.1, 0.15) is 5.69 Å². The van der Waals surface area contributed by atoms with Crippen LogP contribution in [-0.4, -0.2) is 17.6 Å². The Labute approximate surface area is 160 Å². The number of carbonyl (C=O) groups excluding carboxylic acids is 1. The Hall–Kier alpha value is -2.59. The molecule has 4 heteroatoms. The van der Waals surface area contributed by atoms with Gasteiger partial charge >= 0.3 is 5.97 Å². The molecular formula is C22H18BrNO2. The largest absolute Gasteiger partial charge is 0.461 e. The number of fused-ring (bicyclic) bond motifs is 2. The number of halogens is 1. The van der Waals surface area contributed by atoms with E-state index in [1.807, 2.05) is 31.2 Å². The Kier molecular flexibility index (Phi) is 4.51. The molecule has 0 atom stereocenters. The van der Waals surface area contributed by atoms with Crippen LogP contribution in [0.1, 0.15) is 28.5 Å². The van der Waals surface area contributed by atoms with Crippen LogP contribution in [0.5, 0.6) is 0 Å². The van der Waals surface area contributed by atoms with Gasteiger partial charge in [-0.15, -0.1) is 0 Å². The molecular weight excluding hydrogens is 390 g/mol.